The van der Waals surface area contributed by atoms with Crippen LogP contribution in [0.5, 0.6) is 0 Å². The number of thiophene rings is 1. The van der Waals surface area contributed by atoms with Gasteiger partial charge in [0, 0.05) is 11.4 Å². The number of carboxylic acids is 1. The third-order valence-electron chi connectivity index (χ3n) is 2.38. The van der Waals surface area contributed by atoms with E-state index in [9.17, 15) is 9.18 Å². The molecule has 0 fully saturated rings. The van der Waals surface area contributed by atoms with Crippen molar-refractivity contribution in [2.75, 3.05) is 11.9 Å². The highest BCUT2D eigenvalue weighted by molar-refractivity contribution is 9.11. The minimum Gasteiger partial charge on any atom is -0.478 e. The van der Waals surface area contributed by atoms with Crippen molar-refractivity contribution in [1.29, 1.82) is 0 Å². The molecule has 7 heteroatoms. The van der Waals surface area contributed by atoms with Crippen LogP contribution in [-0.2, 0) is 6.42 Å². The Morgan fingerprint density at radius 2 is 2.32 bits per heavy atom. The molecule has 19 heavy (non-hydrogen) atoms. The molecule has 2 heterocycles. The van der Waals surface area contributed by atoms with E-state index in [1.165, 1.54) is 4.88 Å². The number of aromatic carboxylic acids is 1. The van der Waals surface area contributed by atoms with Gasteiger partial charge in [0.2, 0.25) is 0 Å². The molecule has 0 radical (unpaired) electrons. The number of carbonyl (C=O) groups is 1. The van der Waals surface area contributed by atoms with Gasteiger partial charge in [0.1, 0.15) is 17.2 Å². The Bertz CT molecular complexity index is 603. The van der Waals surface area contributed by atoms with Crippen molar-refractivity contribution in [2.24, 2.45) is 0 Å². The average Bonchev–Trinajstić information content (AvgIpc) is 2.77. The molecule has 2 N–H and O–H groups in total. The molecule has 4 nitrogen and oxygen atoms in total. The van der Waals surface area contributed by atoms with E-state index in [2.05, 4.69) is 26.2 Å². The number of rotatable bonds is 5. The molecule has 0 aliphatic rings. The largest absolute Gasteiger partial charge is 0.478 e. The molecule has 0 unspecified atom stereocenters. The fourth-order valence-electron chi connectivity index (χ4n) is 1.53. The van der Waals surface area contributed by atoms with Gasteiger partial charge in [-0.05, 0) is 40.5 Å². The quantitative estimate of drug-likeness (QED) is 0.872. The van der Waals surface area contributed by atoms with Crippen LogP contribution in [0.2, 0.25) is 0 Å². The first kappa shape index (κ1) is 14.0. The number of halogens is 2. The fourth-order valence-corrected chi connectivity index (χ4v) is 3.02. The van der Waals surface area contributed by atoms with Gasteiger partial charge >= 0.3 is 5.97 Å². The topological polar surface area (TPSA) is 62.2 Å². The molecule has 0 spiro atoms. The second kappa shape index (κ2) is 6.12. The van der Waals surface area contributed by atoms with E-state index < -0.39 is 11.8 Å². The van der Waals surface area contributed by atoms with E-state index in [4.69, 9.17) is 5.11 Å². The normalized spacial score (nSPS) is 10.4. The summed E-state index contributed by atoms with van der Waals surface area (Å²) in [6, 6.07) is 4.91. The zero-order valence-corrected chi connectivity index (χ0v) is 12.1. The predicted octanol–water partition coefficient (Wildman–Crippen LogP) is 3.40. The van der Waals surface area contributed by atoms with Crippen molar-refractivity contribution in [1.82, 2.24) is 4.98 Å². The van der Waals surface area contributed by atoms with Crippen LogP contribution in [0.25, 0.3) is 0 Å². The van der Waals surface area contributed by atoms with Gasteiger partial charge in [-0.25, -0.2) is 14.2 Å². The van der Waals surface area contributed by atoms with E-state index in [1.54, 1.807) is 11.3 Å². The van der Waals surface area contributed by atoms with Crippen LogP contribution in [0.15, 0.2) is 28.2 Å². The predicted molar refractivity (Wildman–Crippen MR) is 75.4 cm³/mol. The van der Waals surface area contributed by atoms with Crippen molar-refractivity contribution in [2.45, 2.75) is 6.42 Å². The lowest BCUT2D eigenvalue weighted by Gasteiger charge is -2.07. The summed E-state index contributed by atoms with van der Waals surface area (Å²) in [6.45, 7) is 0.534. The summed E-state index contributed by atoms with van der Waals surface area (Å²) in [6.07, 6.45) is 1.74. The maximum absolute atomic E-state index is 12.9. The third kappa shape index (κ3) is 3.74. The summed E-state index contributed by atoms with van der Waals surface area (Å²) < 4.78 is 14.0. The van der Waals surface area contributed by atoms with Gasteiger partial charge in [-0.15, -0.1) is 11.3 Å². The molecule has 0 bridgehead atoms. The first-order valence-electron chi connectivity index (χ1n) is 5.43. The van der Waals surface area contributed by atoms with Crippen molar-refractivity contribution in [3.63, 3.8) is 0 Å². The first-order valence-corrected chi connectivity index (χ1v) is 7.04. The molecular formula is C12H10BrFN2O2S. The van der Waals surface area contributed by atoms with Crippen LogP contribution in [0.1, 0.15) is 15.2 Å². The highest BCUT2D eigenvalue weighted by Crippen LogP contribution is 2.22. The van der Waals surface area contributed by atoms with E-state index in [0.29, 0.717) is 6.54 Å². The molecule has 2 aromatic rings. The Morgan fingerprint density at radius 3 is 2.95 bits per heavy atom. The summed E-state index contributed by atoms with van der Waals surface area (Å²) in [4.78, 5) is 15.9. The number of hydrogen-bond donors (Lipinski definition) is 2. The molecule has 0 saturated carbocycles. The Morgan fingerprint density at radius 1 is 1.53 bits per heavy atom. The van der Waals surface area contributed by atoms with Crippen molar-refractivity contribution in [3.8, 4) is 0 Å². The van der Waals surface area contributed by atoms with E-state index >= 15 is 0 Å². The van der Waals surface area contributed by atoms with E-state index in [-0.39, 0.29) is 11.4 Å². The van der Waals surface area contributed by atoms with Gasteiger partial charge in [-0.1, -0.05) is 0 Å². The Hall–Kier alpha value is -1.47. The second-order valence-corrected chi connectivity index (χ2v) is 6.29. The summed E-state index contributed by atoms with van der Waals surface area (Å²) in [7, 11) is 0. The highest BCUT2D eigenvalue weighted by Gasteiger charge is 2.12. The molecule has 0 aromatic carbocycles. The average molecular weight is 345 g/mol. The lowest BCUT2D eigenvalue weighted by molar-refractivity contribution is 0.0697. The Kier molecular flexibility index (Phi) is 4.49. The number of nitrogens with zero attached hydrogens (tertiary/aromatic N) is 1. The molecule has 0 atom stereocenters. The van der Waals surface area contributed by atoms with Crippen LogP contribution >= 0.6 is 27.3 Å². The number of anilines is 1. The van der Waals surface area contributed by atoms with Gasteiger partial charge in [-0.2, -0.15) is 0 Å². The zero-order chi connectivity index (χ0) is 13.8. The van der Waals surface area contributed by atoms with Crippen molar-refractivity contribution >= 4 is 39.1 Å². The zero-order valence-electron chi connectivity index (χ0n) is 9.69. The van der Waals surface area contributed by atoms with Gasteiger partial charge in [-0.3, -0.25) is 0 Å². The van der Waals surface area contributed by atoms with Crippen LogP contribution < -0.4 is 5.32 Å². The van der Waals surface area contributed by atoms with E-state index in [0.717, 1.165) is 22.5 Å². The number of pyridine rings is 1. The maximum atomic E-state index is 12.9. The number of carboxylic acid groups (broad SMARTS) is 1. The second-order valence-electron chi connectivity index (χ2n) is 3.74. The standard InChI is InChI=1S/C12H10BrFN2O2S/c13-10-2-1-8(19-10)3-4-15-11-9(12(17)18)5-7(14)6-16-11/h1-2,5-6H,3-4H2,(H,15,16)(H,17,18). The Balaban J connectivity index is 2.01. The summed E-state index contributed by atoms with van der Waals surface area (Å²) >= 11 is 4.99. The Labute approximate surface area is 121 Å². The minimum absolute atomic E-state index is 0.160. The van der Waals surface area contributed by atoms with Crippen molar-refractivity contribution < 1.29 is 14.3 Å². The van der Waals surface area contributed by atoms with Crippen LogP contribution in [-0.4, -0.2) is 22.6 Å². The lowest BCUT2D eigenvalue weighted by Crippen LogP contribution is -2.11. The third-order valence-corrected chi connectivity index (χ3v) is 4.06. The smallest absolute Gasteiger partial charge is 0.339 e. The number of hydrogen-bond acceptors (Lipinski definition) is 4. The van der Waals surface area contributed by atoms with Crippen LogP contribution in [0.3, 0.4) is 0 Å². The maximum Gasteiger partial charge on any atom is 0.339 e. The highest BCUT2D eigenvalue weighted by atomic mass is 79.9. The van der Waals surface area contributed by atoms with Gasteiger partial charge < -0.3 is 10.4 Å². The van der Waals surface area contributed by atoms with Gasteiger partial charge in [0.25, 0.3) is 0 Å². The first-order chi connectivity index (χ1) is 9.06. The molecular weight excluding hydrogens is 335 g/mol. The molecule has 0 aliphatic heterocycles. The lowest BCUT2D eigenvalue weighted by atomic mass is 10.2. The summed E-state index contributed by atoms with van der Waals surface area (Å²) in [5.41, 5.74) is -0.160. The van der Waals surface area contributed by atoms with Gasteiger partial charge in [0.05, 0.1) is 9.98 Å². The summed E-state index contributed by atoms with van der Waals surface area (Å²) in [5.74, 6) is -1.68. The minimum atomic E-state index is -1.20. The van der Waals surface area contributed by atoms with E-state index in [1.807, 2.05) is 12.1 Å². The summed E-state index contributed by atoms with van der Waals surface area (Å²) in [5, 5.41) is 11.9. The van der Waals surface area contributed by atoms with Crippen molar-refractivity contribution in [3.05, 3.63) is 44.4 Å². The van der Waals surface area contributed by atoms with Crippen LogP contribution in [0.4, 0.5) is 10.2 Å². The monoisotopic (exact) mass is 344 g/mol. The molecule has 100 valence electrons. The molecule has 0 saturated heterocycles. The molecule has 0 amide bonds. The molecule has 0 aliphatic carbocycles. The molecule has 2 aromatic heterocycles. The SMILES string of the molecule is O=C(O)c1cc(F)cnc1NCCc1ccc(Br)s1. The number of aromatic nitrogens is 1. The fraction of sp³-hybridized carbons (Fsp3) is 0.167. The molecule has 2 rings (SSSR count). The number of nitrogens with one attached hydrogen (secondary N) is 1. The van der Waals surface area contributed by atoms with Gasteiger partial charge in [0.15, 0.2) is 0 Å². The van der Waals surface area contributed by atoms with Crippen LogP contribution in [0, 0.1) is 5.82 Å².